The summed E-state index contributed by atoms with van der Waals surface area (Å²) >= 11 is 7.86. The van der Waals surface area contributed by atoms with Crippen LogP contribution in [-0.4, -0.2) is 35.7 Å². The minimum absolute atomic E-state index is 0.191. The van der Waals surface area contributed by atoms with Crippen LogP contribution < -0.4 is 0 Å². The van der Waals surface area contributed by atoms with Crippen LogP contribution in [-0.2, 0) is 9.53 Å². The van der Waals surface area contributed by atoms with Crippen molar-refractivity contribution < 1.29 is 14.3 Å². The van der Waals surface area contributed by atoms with E-state index in [0.29, 0.717) is 16.3 Å². The van der Waals surface area contributed by atoms with Crippen molar-refractivity contribution >= 4 is 35.2 Å². The molecule has 0 bridgehead atoms. The van der Waals surface area contributed by atoms with Gasteiger partial charge in [-0.1, -0.05) is 48.0 Å². The molecule has 0 spiro atoms. The van der Waals surface area contributed by atoms with Gasteiger partial charge in [0.25, 0.3) is 5.91 Å². The summed E-state index contributed by atoms with van der Waals surface area (Å²) in [6.07, 6.45) is 0. The molecule has 3 rings (SSSR count). The lowest BCUT2D eigenvalue weighted by atomic mass is 10.1. The Morgan fingerprint density at radius 2 is 1.84 bits per heavy atom. The van der Waals surface area contributed by atoms with E-state index >= 15 is 0 Å². The first-order chi connectivity index (χ1) is 12.0. The van der Waals surface area contributed by atoms with Crippen molar-refractivity contribution in [2.45, 2.75) is 18.3 Å². The maximum atomic E-state index is 13.3. The highest BCUT2D eigenvalue weighted by molar-refractivity contribution is 7.99. The topological polar surface area (TPSA) is 46.6 Å². The average molecular weight is 376 g/mol. The van der Waals surface area contributed by atoms with Crippen molar-refractivity contribution in [1.29, 1.82) is 0 Å². The third kappa shape index (κ3) is 3.39. The Hall–Kier alpha value is -1.98. The number of esters is 1. The van der Waals surface area contributed by atoms with E-state index in [9.17, 15) is 9.59 Å². The Morgan fingerprint density at radius 1 is 1.16 bits per heavy atom. The largest absolute Gasteiger partial charge is 0.467 e. The van der Waals surface area contributed by atoms with Gasteiger partial charge in [0.15, 0.2) is 0 Å². The Labute approximate surface area is 156 Å². The molecular weight excluding hydrogens is 358 g/mol. The average Bonchev–Trinajstić information content (AvgIpc) is 3.06. The molecule has 0 aromatic heterocycles. The number of nitrogens with zero attached hydrogens (tertiary/aromatic N) is 1. The number of benzene rings is 2. The molecule has 2 unspecified atom stereocenters. The van der Waals surface area contributed by atoms with Gasteiger partial charge >= 0.3 is 5.97 Å². The number of rotatable bonds is 3. The van der Waals surface area contributed by atoms with Crippen molar-refractivity contribution in [2.75, 3.05) is 12.9 Å². The van der Waals surface area contributed by atoms with Gasteiger partial charge < -0.3 is 9.64 Å². The Balaban J connectivity index is 2.05. The molecule has 0 aliphatic carbocycles. The number of hydrogen-bond acceptors (Lipinski definition) is 4. The fraction of sp³-hybridized carbons (Fsp3) is 0.263. The van der Waals surface area contributed by atoms with Crippen LogP contribution in [0.25, 0.3) is 0 Å². The maximum Gasteiger partial charge on any atom is 0.329 e. The van der Waals surface area contributed by atoms with Crippen molar-refractivity contribution in [2.24, 2.45) is 0 Å². The molecule has 0 saturated carbocycles. The Morgan fingerprint density at radius 3 is 2.52 bits per heavy atom. The molecule has 1 saturated heterocycles. The second-order valence-electron chi connectivity index (χ2n) is 5.77. The molecule has 2 aromatic rings. The first-order valence-corrected chi connectivity index (χ1v) is 9.29. The summed E-state index contributed by atoms with van der Waals surface area (Å²) in [6, 6.07) is 14.1. The van der Waals surface area contributed by atoms with E-state index in [1.165, 1.54) is 18.9 Å². The van der Waals surface area contributed by atoms with E-state index in [2.05, 4.69) is 0 Å². The van der Waals surface area contributed by atoms with Crippen LogP contribution in [0.2, 0.25) is 5.02 Å². The van der Waals surface area contributed by atoms with E-state index in [0.717, 1.165) is 11.1 Å². The number of amides is 1. The van der Waals surface area contributed by atoms with Gasteiger partial charge in [-0.25, -0.2) is 4.79 Å². The highest BCUT2D eigenvalue weighted by atomic mass is 35.5. The second-order valence-corrected chi connectivity index (χ2v) is 7.29. The molecule has 2 aromatic carbocycles. The monoisotopic (exact) mass is 375 g/mol. The van der Waals surface area contributed by atoms with Gasteiger partial charge in [-0.15, -0.1) is 11.8 Å². The molecule has 2 atom stereocenters. The predicted molar refractivity (Wildman–Crippen MR) is 99.8 cm³/mol. The highest BCUT2D eigenvalue weighted by Crippen LogP contribution is 2.44. The molecular formula is C19H18ClNO3S. The molecule has 1 aliphatic heterocycles. The zero-order valence-corrected chi connectivity index (χ0v) is 15.5. The molecule has 6 heteroatoms. The van der Waals surface area contributed by atoms with Crippen molar-refractivity contribution in [3.63, 3.8) is 0 Å². The predicted octanol–water partition coefficient (Wildman–Crippen LogP) is 4.08. The third-order valence-electron chi connectivity index (χ3n) is 4.25. The van der Waals surface area contributed by atoms with Gasteiger partial charge in [-0.05, 0) is 24.6 Å². The summed E-state index contributed by atoms with van der Waals surface area (Å²) in [6.45, 7) is 1.88. The SMILES string of the molecule is COC(=O)C1CSC(c2ccccc2Cl)N1C(=O)c1ccccc1C. The lowest BCUT2D eigenvalue weighted by Gasteiger charge is -2.29. The number of ether oxygens (including phenoxy) is 1. The van der Waals surface area contributed by atoms with E-state index in [4.69, 9.17) is 16.3 Å². The zero-order valence-electron chi connectivity index (χ0n) is 13.9. The normalized spacial score (nSPS) is 19.7. The van der Waals surface area contributed by atoms with E-state index in [1.54, 1.807) is 17.0 Å². The van der Waals surface area contributed by atoms with Crippen LogP contribution in [0.5, 0.6) is 0 Å². The van der Waals surface area contributed by atoms with Crippen molar-refractivity contribution in [3.8, 4) is 0 Å². The van der Waals surface area contributed by atoms with Crippen molar-refractivity contribution in [3.05, 3.63) is 70.2 Å². The fourth-order valence-corrected chi connectivity index (χ4v) is 4.69. The number of aryl methyl sites for hydroxylation is 1. The number of thioether (sulfide) groups is 1. The lowest BCUT2D eigenvalue weighted by Crippen LogP contribution is -2.43. The molecule has 1 aliphatic rings. The third-order valence-corrected chi connectivity index (χ3v) is 5.90. The molecule has 1 fully saturated rings. The first kappa shape index (κ1) is 17.8. The lowest BCUT2D eigenvalue weighted by molar-refractivity contribution is -0.145. The molecule has 4 nitrogen and oxygen atoms in total. The van der Waals surface area contributed by atoms with Gasteiger partial charge in [0.1, 0.15) is 11.4 Å². The van der Waals surface area contributed by atoms with Crippen LogP contribution in [0.4, 0.5) is 0 Å². The number of carbonyl (C=O) groups excluding carboxylic acids is 2. The number of methoxy groups -OCH3 is 1. The summed E-state index contributed by atoms with van der Waals surface area (Å²) in [4.78, 5) is 27.1. The molecule has 130 valence electrons. The number of carbonyl (C=O) groups is 2. The summed E-state index contributed by atoms with van der Waals surface area (Å²) in [5, 5.41) is 0.248. The number of halogens is 1. The molecule has 25 heavy (non-hydrogen) atoms. The van der Waals surface area contributed by atoms with Gasteiger partial charge in [0.05, 0.1) is 7.11 Å². The molecule has 0 N–H and O–H groups in total. The van der Waals surface area contributed by atoms with Gasteiger partial charge in [0.2, 0.25) is 0 Å². The van der Waals surface area contributed by atoms with Crippen LogP contribution in [0.3, 0.4) is 0 Å². The van der Waals surface area contributed by atoms with Gasteiger partial charge in [-0.2, -0.15) is 0 Å². The van der Waals surface area contributed by atoms with Crippen LogP contribution in [0.15, 0.2) is 48.5 Å². The maximum absolute atomic E-state index is 13.3. The van der Waals surface area contributed by atoms with Crippen LogP contribution in [0.1, 0.15) is 26.9 Å². The summed E-state index contributed by atoms with van der Waals surface area (Å²) in [5.41, 5.74) is 2.27. The van der Waals surface area contributed by atoms with Crippen molar-refractivity contribution in [1.82, 2.24) is 4.90 Å². The second kappa shape index (κ2) is 7.50. The van der Waals surface area contributed by atoms with Crippen LogP contribution >= 0.6 is 23.4 Å². The van der Waals surface area contributed by atoms with Gasteiger partial charge in [-0.3, -0.25) is 4.79 Å². The molecule has 1 heterocycles. The molecule has 1 amide bonds. The fourth-order valence-electron chi connectivity index (χ4n) is 2.94. The first-order valence-electron chi connectivity index (χ1n) is 7.86. The summed E-state index contributed by atoms with van der Waals surface area (Å²) < 4.78 is 4.92. The minimum Gasteiger partial charge on any atom is -0.467 e. The van der Waals surface area contributed by atoms with E-state index < -0.39 is 12.0 Å². The zero-order chi connectivity index (χ0) is 18.0. The minimum atomic E-state index is -0.636. The Bertz CT molecular complexity index is 811. The van der Waals surface area contributed by atoms with Crippen LogP contribution in [0, 0.1) is 6.92 Å². The summed E-state index contributed by atoms with van der Waals surface area (Å²) in [5.74, 6) is -0.132. The highest BCUT2D eigenvalue weighted by Gasteiger charge is 2.44. The standard InChI is InChI=1S/C19H18ClNO3S/c1-12-7-3-4-8-13(12)17(22)21-16(19(23)24-2)11-25-18(21)14-9-5-6-10-15(14)20/h3-10,16,18H,11H2,1-2H3. The Kier molecular flexibility index (Phi) is 5.35. The van der Waals surface area contributed by atoms with E-state index in [-0.39, 0.29) is 11.3 Å². The number of hydrogen-bond donors (Lipinski definition) is 0. The van der Waals surface area contributed by atoms with E-state index in [1.807, 2.05) is 43.3 Å². The molecule has 0 radical (unpaired) electrons. The quantitative estimate of drug-likeness (QED) is 0.758. The summed E-state index contributed by atoms with van der Waals surface area (Å²) in [7, 11) is 1.34. The van der Waals surface area contributed by atoms with Gasteiger partial charge in [0, 0.05) is 21.9 Å². The smallest absolute Gasteiger partial charge is 0.329 e.